The summed E-state index contributed by atoms with van der Waals surface area (Å²) < 4.78 is 13.9. The van der Waals surface area contributed by atoms with Crippen molar-refractivity contribution in [1.29, 1.82) is 0 Å². The molecule has 0 spiro atoms. The summed E-state index contributed by atoms with van der Waals surface area (Å²) in [6.07, 6.45) is 1.21. The molecular formula is C13H18FN3O2. The molecule has 1 aliphatic carbocycles. The lowest BCUT2D eigenvalue weighted by molar-refractivity contribution is 0.0464. The molecule has 1 aromatic rings. The van der Waals surface area contributed by atoms with Crippen molar-refractivity contribution >= 4 is 17.3 Å². The number of rotatable bonds is 4. The molecule has 104 valence electrons. The number of aliphatic hydroxyl groups excluding tert-OH is 1. The Bertz CT molecular complexity index is 501. The predicted molar refractivity (Wildman–Crippen MR) is 71.3 cm³/mol. The number of primary amides is 1. The molecule has 0 saturated heterocycles. The van der Waals surface area contributed by atoms with Crippen LogP contribution >= 0.6 is 0 Å². The number of hydrogen-bond donors (Lipinski definition) is 3. The predicted octanol–water partition coefficient (Wildman–Crippen LogP) is 0.714. The molecule has 1 amide bonds. The molecule has 1 saturated carbocycles. The van der Waals surface area contributed by atoms with Gasteiger partial charge in [0.05, 0.1) is 17.4 Å². The molecule has 0 aromatic heterocycles. The molecule has 5 nitrogen and oxygen atoms in total. The Morgan fingerprint density at radius 3 is 2.68 bits per heavy atom. The molecule has 2 rings (SSSR count). The highest BCUT2D eigenvalue weighted by Gasteiger charge is 2.28. The first-order valence-electron chi connectivity index (χ1n) is 6.16. The van der Waals surface area contributed by atoms with Crippen LogP contribution < -0.4 is 16.4 Å². The van der Waals surface area contributed by atoms with Crippen LogP contribution in [0.15, 0.2) is 12.1 Å². The lowest BCUT2D eigenvalue weighted by Crippen LogP contribution is -2.37. The van der Waals surface area contributed by atoms with Gasteiger partial charge in [-0.15, -0.1) is 0 Å². The molecule has 0 atom stereocenters. The minimum Gasteiger partial charge on any atom is -0.398 e. The van der Waals surface area contributed by atoms with E-state index in [1.54, 1.807) is 11.9 Å². The number of nitrogen functional groups attached to an aromatic ring is 1. The van der Waals surface area contributed by atoms with Gasteiger partial charge in [-0.05, 0) is 30.9 Å². The van der Waals surface area contributed by atoms with Crippen molar-refractivity contribution in [2.75, 3.05) is 24.2 Å². The zero-order valence-corrected chi connectivity index (χ0v) is 10.8. The first-order valence-corrected chi connectivity index (χ1v) is 6.16. The van der Waals surface area contributed by atoms with Crippen molar-refractivity contribution in [2.45, 2.75) is 18.9 Å². The van der Waals surface area contributed by atoms with E-state index in [0.717, 1.165) is 18.9 Å². The van der Waals surface area contributed by atoms with Crippen molar-refractivity contribution in [3.05, 3.63) is 23.5 Å². The normalized spacial score (nSPS) is 21.8. The fourth-order valence-corrected chi connectivity index (χ4v) is 2.42. The second-order valence-corrected chi connectivity index (χ2v) is 5.13. The Morgan fingerprint density at radius 2 is 2.16 bits per heavy atom. The van der Waals surface area contributed by atoms with Gasteiger partial charge in [-0.1, -0.05) is 0 Å². The maximum atomic E-state index is 13.9. The summed E-state index contributed by atoms with van der Waals surface area (Å²) in [4.78, 5) is 12.9. The van der Waals surface area contributed by atoms with Gasteiger partial charge in [0.1, 0.15) is 5.82 Å². The number of anilines is 2. The Hall–Kier alpha value is -1.82. The lowest BCUT2D eigenvalue weighted by atomic mass is 9.82. The van der Waals surface area contributed by atoms with Gasteiger partial charge >= 0.3 is 0 Å². The van der Waals surface area contributed by atoms with Crippen LogP contribution in [-0.2, 0) is 0 Å². The molecule has 6 heteroatoms. The number of benzene rings is 1. The van der Waals surface area contributed by atoms with Gasteiger partial charge < -0.3 is 21.5 Å². The molecule has 5 N–H and O–H groups in total. The number of amides is 1. The monoisotopic (exact) mass is 267 g/mol. The van der Waals surface area contributed by atoms with Gasteiger partial charge in [0.15, 0.2) is 0 Å². The van der Waals surface area contributed by atoms with Crippen molar-refractivity contribution < 1.29 is 14.3 Å². The van der Waals surface area contributed by atoms with E-state index in [4.69, 9.17) is 11.5 Å². The largest absolute Gasteiger partial charge is 0.398 e. The van der Waals surface area contributed by atoms with Crippen molar-refractivity contribution in [3.63, 3.8) is 0 Å². The number of carbonyl (C=O) groups is 1. The highest BCUT2D eigenvalue weighted by molar-refractivity contribution is 5.99. The van der Waals surface area contributed by atoms with Gasteiger partial charge in [0.2, 0.25) is 0 Å². The maximum Gasteiger partial charge on any atom is 0.250 e. The second kappa shape index (κ2) is 5.05. The number of nitrogens with zero attached hydrogens (tertiary/aromatic N) is 1. The zero-order chi connectivity index (χ0) is 14.2. The fraction of sp³-hybridized carbons (Fsp3) is 0.462. The van der Waals surface area contributed by atoms with Crippen LogP contribution in [0.5, 0.6) is 0 Å². The molecule has 0 aliphatic heterocycles. The fourth-order valence-electron chi connectivity index (χ4n) is 2.42. The molecule has 1 aromatic carbocycles. The standard InChI is InChI=1S/C13H18FN3O2/c1-17(6-7-2-8(18)3-7)12-4-9(13(16)19)11(15)5-10(12)14/h4-5,7-8,18H,2-3,6,15H2,1H3,(H2,16,19). The van der Waals surface area contributed by atoms with Gasteiger partial charge in [0.25, 0.3) is 5.91 Å². The van der Waals surface area contributed by atoms with Crippen LogP contribution in [0.25, 0.3) is 0 Å². The molecule has 0 bridgehead atoms. The Labute approximate surface area is 111 Å². The van der Waals surface area contributed by atoms with E-state index in [0.29, 0.717) is 18.2 Å². The van der Waals surface area contributed by atoms with Crippen LogP contribution in [0.2, 0.25) is 0 Å². The Kier molecular flexibility index (Phi) is 3.61. The Morgan fingerprint density at radius 1 is 1.53 bits per heavy atom. The third-order valence-electron chi connectivity index (χ3n) is 3.54. The highest BCUT2D eigenvalue weighted by atomic mass is 19.1. The summed E-state index contributed by atoms with van der Waals surface area (Å²) in [5.74, 6) is -0.815. The van der Waals surface area contributed by atoms with E-state index in [-0.39, 0.29) is 17.4 Å². The van der Waals surface area contributed by atoms with E-state index in [9.17, 15) is 14.3 Å². The number of hydrogen-bond acceptors (Lipinski definition) is 4. The lowest BCUT2D eigenvalue weighted by Gasteiger charge is -2.35. The molecule has 19 heavy (non-hydrogen) atoms. The van der Waals surface area contributed by atoms with Gasteiger partial charge in [-0.2, -0.15) is 0 Å². The summed E-state index contributed by atoms with van der Waals surface area (Å²) in [6.45, 7) is 0.621. The molecule has 0 heterocycles. The summed E-state index contributed by atoms with van der Waals surface area (Å²) in [5, 5.41) is 9.24. The van der Waals surface area contributed by atoms with Crippen LogP contribution in [0, 0.1) is 11.7 Å². The third-order valence-corrected chi connectivity index (χ3v) is 3.54. The summed E-state index contributed by atoms with van der Waals surface area (Å²) >= 11 is 0. The van der Waals surface area contributed by atoms with Crippen molar-refractivity contribution in [1.82, 2.24) is 0 Å². The van der Waals surface area contributed by atoms with Gasteiger partial charge in [-0.25, -0.2) is 4.39 Å². The SMILES string of the molecule is CN(CC1CC(O)C1)c1cc(C(N)=O)c(N)cc1F. The molecule has 0 radical (unpaired) electrons. The smallest absolute Gasteiger partial charge is 0.250 e. The van der Waals surface area contributed by atoms with E-state index in [1.165, 1.54) is 6.07 Å². The summed E-state index contributed by atoms with van der Waals surface area (Å²) in [5.41, 5.74) is 11.2. The number of halogens is 1. The van der Waals surface area contributed by atoms with Gasteiger partial charge in [-0.3, -0.25) is 4.79 Å². The van der Waals surface area contributed by atoms with E-state index in [1.807, 2.05) is 0 Å². The van der Waals surface area contributed by atoms with Crippen molar-refractivity contribution in [2.24, 2.45) is 11.7 Å². The van der Waals surface area contributed by atoms with E-state index in [2.05, 4.69) is 0 Å². The summed E-state index contributed by atoms with van der Waals surface area (Å²) in [6, 6.07) is 2.49. The molecule has 1 aliphatic rings. The van der Waals surface area contributed by atoms with Crippen molar-refractivity contribution in [3.8, 4) is 0 Å². The molecular weight excluding hydrogens is 249 g/mol. The maximum absolute atomic E-state index is 13.9. The third kappa shape index (κ3) is 2.78. The van der Waals surface area contributed by atoms with E-state index >= 15 is 0 Å². The Balaban J connectivity index is 2.18. The average Bonchev–Trinajstić information content (AvgIpc) is 2.26. The highest BCUT2D eigenvalue weighted by Crippen LogP contribution is 2.31. The quantitative estimate of drug-likeness (QED) is 0.701. The van der Waals surface area contributed by atoms with Crippen LogP contribution in [0.3, 0.4) is 0 Å². The van der Waals surface area contributed by atoms with Crippen LogP contribution in [0.4, 0.5) is 15.8 Å². The topological polar surface area (TPSA) is 92.6 Å². The number of nitrogens with two attached hydrogens (primary N) is 2. The van der Waals surface area contributed by atoms with E-state index < -0.39 is 11.7 Å². The first kappa shape index (κ1) is 13.6. The number of aliphatic hydroxyl groups is 1. The second-order valence-electron chi connectivity index (χ2n) is 5.13. The zero-order valence-electron chi connectivity index (χ0n) is 10.8. The minimum atomic E-state index is -0.675. The molecule has 0 unspecified atom stereocenters. The minimum absolute atomic E-state index is 0.0428. The summed E-state index contributed by atoms with van der Waals surface area (Å²) in [7, 11) is 1.74. The average molecular weight is 267 g/mol. The van der Waals surface area contributed by atoms with Crippen LogP contribution in [0.1, 0.15) is 23.2 Å². The molecule has 1 fully saturated rings. The van der Waals surface area contributed by atoms with Gasteiger partial charge in [0, 0.05) is 19.3 Å². The van der Waals surface area contributed by atoms with Crippen LogP contribution in [-0.4, -0.2) is 30.7 Å². The first-order chi connectivity index (χ1) is 8.88. The number of carbonyl (C=O) groups excluding carboxylic acids is 1.